The zero-order valence-corrected chi connectivity index (χ0v) is 22.1. The summed E-state index contributed by atoms with van der Waals surface area (Å²) in [6.07, 6.45) is 1.06. The summed E-state index contributed by atoms with van der Waals surface area (Å²) in [5, 5.41) is 6.88. The molecule has 32 heavy (non-hydrogen) atoms. The molecule has 1 aliphatic heterocycles. The molecule has 7 nitrogen and oxygen atoms in total. The number of guanidine groups is 1. The van der Waals surface area contributed by atoms with Gasteiger partial charge >= 0.3 is 0 Å². The van der Waals surface area contributed by atoms with E-state index in [1.54, 1.807) is 0 Å². The maximum Gasteiger partial charge on any atom is 0.215 e. The molecule has 3 rings (SSSR count). The molecule has 0 saturated carbocycles. The molecule has 1 atom stereocenters. The number of nitrogens with zero attached hydrogens (tertiary/aromatic N) is 2. The van der Waals surface area contributed by atoms with E-state index in [9.17, 15) is 8.42 Å². The summed E-state index contributed by atoms with van der Waals surface area (Å²) in [5.74, 6) is 0.788. The van der Waals surface area contributed by atoms with Gasteiger partial charge in [-0.1, -0.05) is 42.0 Å². The number of aliphatic imine (C=N–C) groups is 1. The minimum absolute atomic E-state index is 0. The second-order valence-corrected chi connectivity index (χ2v) is 9.81. The average molecular weight is 572 g/mol. The van der Waals surface area contributed by atoms with Crippen molar-refractivity contribution in [2.45, 2.75) is 38.6 Å². The largest absolute Gasteiger partial charge is 0.369 e. The molecule has 0 amide bonds. The first-order chi connectivity index (χ1) is 14.9. The third-order valence-electron chi connectivity index (χ3n) is 5.38. The zero-order chi connectivity index (χ0) is 22.3. The van der Waals surface area contributed by atoms with Crippen LogP contribution < -0.4 is 20.3 Å². The van der Waals surface area contributed by atoms with Gasteiger partial charge in [0.15, 0.2) is 5.96 Å². The average Bonchev–Trinajstić information content (AvgIpc) is 3.22. The van der Waals surface area contributed by atoms with Gasteiger partial charge in [0.2, 0.25) is 10.0 Å². The van der Waals surface area contributed by atoms with Gasteiger partial charge < -0.3 is 15.5 Å². The number of halogens is 1. The molecule has 9 heteroatoms. The first-order valence-corrected chi connectivity index (χ1v) is 12.4. The topological polar surface area (TPSA) is 85.8 Å². The van der Waals surface area contributed by atoms with Gasteiger partial charge in [0.05, 0.1) is 12.3 Å². The van der Waals surface area contributed by atoms with Crippen molar-refractivity contribution < 1.29 is 8.42 Å². The Morgan fingerprint density at radius 1 is 1.09 bits per heavy atom. The van der Waals surface area contributed by atoms with Gasteiger partial charge in [-0.2, -0.15) is 0 Å². The summed E-state index contributed by atoms with van der Waals surface area (Å²) in [7, 11) is -1.83. The van der Waals surface area contributed by atoms with Crippen LogP contribution in [0.3, 0.4) is 0 Å². The Labute approximate surface area is 209 Å². The maximum atomic E-state index is 11.7. The summed E-state index contributed by atoms with van der Waals surface area (Å²) in [6, 6.07) is 16.6. The van der Waals surface area contributed by atoms with Crippen molar-refractivity contribution in [3.63, 3.8) is 0 Å². The Kier molecular flexibility index (Phi) is 10.2. The van der Waals surface area contributed by atoms with Gasteiger partial charge in [0, 0.05) is 31.4 Å². The first kappa shape index (κ1) is 26.4. The van der Waals surface area contributed by atoms with E-state index in [2.05, 4.69) is 58.4 Å². The molecule has 1 unspecified atom stereocenters. The fraction of sp³-hybridized carbons (Fsp3) is 0.435. The van der Waals surface area contributed by atoms with Gasteiger partial charge in [0.25, 0.3) is 0 Å². The molecule has 2 aromatic rings. The molecule has 2 aromatic carbocycles. The SMILES string of the molecule is CCNC(=NCc1ccc(CS(=O)(=O)NC)cc1)NC1CCN(c2ccc(C)cc2)C1.I. The van der Waals surface area contributed by atoms with E-state index in [0.29, 0.717) is 12.6 Å². The number of anilines is 1. The molecule has 0 radical (unpaired) electrons. The number of sulfonamides is 1. The van der Waals surface area contributed by atoms with Crippen LogP contribution in [0.5, 0.6) is 0 Å². The lowest BCUT2D eigenvalue weighted by atomic mass is 10.1. The van der Waals surface area contributed by atoms with Crippen molar-refractivity contribution in [1.82, 2.24) is 15.4 Å². The molecule has 0 aromatic heterocycles. The molecule has 3 N–H and O–H groups in total. The Hall–Kier alpha value is -1.85. The lowest BCUT2D eigenvalue weighted by Gasteiger charge is -2.20. The summed E-state index contributed by atoms with van der Waals surface area (Å²) in [5.41, 5.74) is 4.33. The number of hydrogen-bond donors (Lipinski definition) is 3. The van der Waals surface area contributed by atoms with E-state index in [-0.39, 0.29) is 29.7 Å². The molecular formula is C23H34IN5O2S. The molecule has 1 saturated heterocycles. The van der Waals surface area contributed by atoms with Crippen molar-refractivity contribution in [2.24, 2.45) is 4.99 Å². The summed E-state index contributed by atoms with van der Waals surface area (Å²) < 4.78 is 25.7. The molecule has 0 spiro atoms. The van der Waals surface area contributed by atoms with Gasteiger partial charge in [0.1, 0.15) is 0 Å². The van der Waals surface area contributed by atoms with Crippen LogP contribution >= 0.6 is 24.0 Å². The van der Waals surface area contributed by atoms with Crippen molar-refractivity contribution in [1.29, 1.82) is 0 Å². The fourth-order valence-electron chi connectivity index (χ4n) is 3.58. The van der Waals surface area contributed by atoms with Crippen LogP contribution in [0.4, 0.5) is 5.69 Å². The minimum Gasteiger partial charge on any atom is -0.369 e. The lowest BCUT2D eigenvalue weighted by molar-refractivity contribution is 0.587. The van der Waals surface area contributed by atoms with E-state index < -0.39 is 10.0 Å². The van der Waals surface area contributed by atoms with Crippen molar-refractivity contribution in [2.75, 3.05) is 31.6 Å². The van der Waals surface area contributed by atoms with Gasteiger partial charge in [-0.15, -0.1) is 24.0 Å². The van der Waals surface area contributed by atoms with Crippen LogP contribution in [0.15, 0.2) is 53.5 Å². The highest BCUT2D eigenvalue weighted by Crippen LogP contribution is 2.20. The van der Waals surface area contributed by atoms with Crippen molar-refractivity contribution >= 4 is 45.6 Å². The lowest BCUT2D eigenvalue weighted by Crippen LogP contribution is -2.44. The zero-order valence-electron chi connectivity index (χ0n) is 19.0. The van der Waals surface area contributed by atoms with Gasteiger partial charge in [-0.25, -0.2) is 18.1 Å². The Morgan fingerprint density at radius 3 is 2.38 bits per heavy atom. The summed E-state index contributed by atoms with van der Waals surface area (Å²) in [4.78, 5) is 7.12. The van der Waals surface area contributed by atoms with Gasteiger partial charge in [-0.3, -0.25) is 0 Å². The number of benzene rings is 2. The highest BCUT2D eigenvalue weighted by Gasteiger charge is 2.23. The molecule has 1 fully saturated rings. The van der Waals surface area contributed by atoms with Crippen LogP contribution in [0.25, 0.3) is 0 Å². The normalized spacial score (nSPS) is 16.5. The van der Waals surface area contributed by atoms with Crippen LogP contribution in [0.2, 0.25) is 0 Å². The number of hydrogen-bond acceptors (Lipinski definition) is 4. The number of rotatable bonds is 8. The maximum absolute atomic E-state index is 11.7. The molecule has 0 aliphatic carbocycles. The minimum atomic E-state index is -3.26. The Balaban J connectivity index is 0.00000363. The monoisotopic (exact) mass is 571 g/mol. The van der Waals surface area contributed by atoms with Gasteiger partial charge in [-0.05, 0) is 50.6 Å². The fourth-order valence-corrected chi connectivity index (χ4v) is 4.36. The smallest absolute Gasteiger partial charge is 0.215 e. The van der Waals surface area contributed by atoms with E-state index in [1.165, 1.54) is 18.3 Å². The quantitative estimate of drug-likeness (QED) is 0.258. The van der Waals surface area contributed by atoms with Crippen LogP contribution in [-0.2, 0) is 22.3 Å². The predicted molar refractivity (Wildman–Crippen MR) is 143 cm³/mol. The third kappa shape index (κ3) is 7.93. The van der Waals surface area contributed by atoms with Crippen molar-refractivity contribution in [3.8, 4) is 0 Å². The number of nitrogens with one attached hydrogen (secondary N) is 3. The van der Waals surface area contributed by atoms with E-state index >= 15 is 0 Å². The number of aryl methyl sites for hydroxylation is 1. The molecule has 1 heterocycles. The first-order valence-electron chi connectivity index (χ1n) is 10.7. The van der Waals surface area contributed by atoms with Crippen molar-refractivity contribution in [3.05, 3.63) is 65.2 Å². The third-order valence-corrected chi connectivity index (χ3v) is 6.72. The summed E-state index contributed by atoms with van der Waals surface area (Å²) >= 11 is 0. The predicted octanol–water partition coefficient (Wildman–Crippen LogP) is 3.00. The van der Waals surface area contributed by atoms with Crippen LogP contribution in [0.1, 0.15) is 30.0 Å². The van der Waals surface area contributed by atoms with E-state index in [0.717, 1.165) is 43.1 Å². The molecular weight excluding hydrogens is 537 g/mol. The second-order valence-electron chi connectivity index (χ2n) is 7.89. The van der Waals surface area contributed by atoms with Crippen LogP contribution in [0, 0.1) is 6.92 Å². The molecule has 0 bridgehead atoms. The van der Waals surface area contributed by atoms with Crippen LogP contribution in [-0.4, -0.2) is 47.1 Å². The highest BCUT2D eigenvalue weighted by atomic mass is 127. The molecule has 176 valence electrons. The second kappa shape index (κ2) is 12.4. The highest BCUT2D eigenvalue weighted by molar-refractivity contribution is 14.0. The Morgan fingerprint density at radius 2 is 1.75 bits per heavy atom. The summed E-state index contributed by atoms with van der Waals surface area (Å²) in [6.45, 7) is 7.46. The molecule has 1 aliphatic rings. The van der Waals surface area contributed by atoms with E-state index in [4.69, 9.17) is 4.99 Å². The van der Waals surface area contributed by atoms with E-state index in [1.807, 2.05) is 24.3 Å². The standard InChI is InChI=1S/C23H33N5O2S.HI/c1-4-25-23(26-15-19-7-9-20(10-8-19)17-31(29,30)24-3)27-21-13-14-28(16-21)22-11-5-18(2)6-12-22;/h5-12,21,24H,4,13-17H2,1-3H3,(H2,25,26,27);1H. The Bertz CT molecular complexity index is 978.